The first-order chi connectivity index (χ1) is 13.2. The van der Waals surface area contributed by atoms with E-state index in [9.17, 15) is 0 Å². The number of aromatic amines is 1. The van der Waals surface area contributed by atoms with Crippen LogP contribution in [0.25, 0.3) is 11.0 Å². The van der Waals surface area contributed by atoms with E-state index in [4.69, 9.17) is 5.73 Å². The van der Waals surface area contributed by atoms with E-state index in [1.807, 2.05) is 30.7 Å². The van der Waals surface area contributed by atoms with Gasteiger partial charge in [-0.05, 0) is 40.9 Å². The van der Waals surface area contributed by atoms with E-state index in [0.717, 1.165) is 65.0 Å². The van der Waals surface area contributed by atoms with Crippen molar-refractivity contribution in [1.82, 2.24) is 9.97 Å². The summed E-state index contributed by atoms with van der Waals surface area (Å²) in [6.07, 6.45) is 8.08. The van der Waals surface area contributed by atoms with E-state index in [-0.39, 0.29) is 6.04 Å². The maximum Gasteiger partial charge on any atom is 0.141 e. The molecule has 0 saturated carbocycles. The smallest absolute Gasteiger partial charge is 0.141 e. The molecule has 27 heavy (non-hydrogen) atoms. The summed E-state index contributed by atoms with van der Waals surface area (Å²) in [6, 6.07) is 8.45. The summed E-state index contributed by atoms with van der Waals surface area (Å²) in [5.74, 6) is 0. The Labute approximate surface area is 166 Å². The lowest BCUT2D eigenvalue weighted by Gasteiger charge is -2.34. The second-order valence-corrected chi connectivity index (χ2v) is 7.97. The molecule has 5 rings (SSSR count). The fraction of sp³-hybridized carbons (Fsp3) is 0.300. The Kier molecular flexibility index (Phi) is 4.13. The second kappa shape index (κ2) is 6.65. The maximum atomic E-state index is 6.27. The summed E-state index contributed by atoms with van der Waals surface area (Å²) in [4.78, 5) is 17.2. The van der Waals surface area contributed by atoms with Crippen LogP contribution in [0.15, 0.2) is 46.1 Å². The van der Waals surface area contributed by atoms with Gasteiger partial charge in [0, 0.05) is 37.7 Å². The van der Waals surface area contributed by atoms with Crippen LogP contribution in [0.5, 0.6) is 0 Å². The highest BCUT2D eigenvalue weighted by Gasteiger charge is 2.26. The van der Waals surface area contributed by atoms with Gasteiger partial charge in [0.15, 0.2) is 0 Å². The molecule has 1 atom stereocenters. The molecule has 3 N–H and O–H groups in total. The van der Waals surface area contributed by atoms with Crippen LogP contribution >= 0.6 is 15.9 Å². The Morgan fingerprint density at radius 2 is 2.11 bits per heavy atom. The third kappa shape index (κ3) is 2.82. The summed E-state index contributed by atoms with van der Waals surface area (Å²) in [6.45, 7) is 2.60. The molecule has 1 saturated heterocycles. The van der Waals surface area contributed by atoms with Crippen LogP contribution in [-0.4, -0.2) is 41.9 Å². The minimum absolute atomic E-state index is 0.208. The fourth-order valence-electron chi connectivity index (χ4n) is 4.12. The Hall–Kier alpha value is -2.38. The van der Waals surface area contributed by atoms with Crippen LogP contribution in [0, 0.1) is 0 Å². The SMILES string of the molecule is N[C@@H]1CCCN(c2c(Br)cnc3[nH]cc(N4CC=Nc5ccccc54)c23)C1. The first-order valence-corrected chi connectivity index (χ1v) is 10.1. The highest BCUT2D eigenvalue weighted by molar-refractivity contribution is 9.10. The number of aliphatic imine (C=N–C) groups is 1. The van der Waals surface area contributed by atoms with Gasteiger partial charge >= 0.3 is 0 Å². The lowest BCUT2D eigenvalue weighted by molar-refractivity contribution is 0.506. The molecule has 0 radical (unpaired) electrons. The zero-order chi connectivity index (χ0) is 18.4. The Morgan fingerprint density at radius 3 is 3.00 bits per heavy atom. The lowest BCUT2D eigenvalue weighted by Crippen LogP contribution is -2.43. The van der Waals surface area contributed by atoms with Crippen molar-refractivity contribution in [3.05, 3.63) is 41.1 Å². The van der Waals surface area contributed by atoms with Crippen molar-refractivity contribution in [2.75, 3.05) is 29.4 Å². The molecule has 1 fully saturated rings. The number of aromatic nitrogens is 2. The van der Waals surface area contributed by atoms with Gasteiger partial charge in [0.1, 0.15) is 5.65 Å². The molecule has 6 nitrogen and oxygen atoms in total. The molecule has 0 amide bonds. The number of halogens is 1. The van der Waals surface area contributed by atoms with Gasteiger partial charge < -0.3 is 20.5 Å². The van der Waals surface area contributed by atoms with Gasteiger partial charge in [-0.15, -0.1) is 0 Å². The van der Waals surface area contributed by atoms with Gasteiger partial charge in [-0.25, -0.2) is 4.98 Å². The molecule has 3 aromatic rings. The predicted molar refractivity (Wildman–Crippen MR) is 115 cm³/mol. The summed E-state index contributed by atoms with van der Waals surface area (Å²) in [5, 5.41) is 1.13. The van der Waals surface area contributed by atoms with E-state index < -0.39 is 0 Å². The number of fused-ring (bicyclic) bond motifs is 2. The Morgan fingerprint density at radius 1 is 1.22 bits per heavy atom. The predicted octanol–water partition coefficient (Wildman–Crippen LogP) is 4.11. The minimum atomic E-state index is 0.208. The maximum absolute atomic E-state index is 6.27. The number of hydrogen-bond acceptors (Lipinski definition) is 5. The van der Waals surface area contributed by atoms with E-state index in [1.165, 1.54) is 5.69 Å². The van der Waals surface area contributed by atoms with E-state index >= 15 is 0 Å². The van der Waals surface area contributed by atoms with E-state index in [2.05, 4.69) is 52.8 Å². The monoisotopic (exact) mass is 424 g/mol. The molecular formula is C20H21BrN6. The molecule has 0 bridgehead atoms. The molecular weight excluding hydrogens is 404 g/mol. The number of hydrogen-bond donors (Lipinski definition) is 2. The van der Waals surface area contributed by atoms with Crippen molar-refractivity contribution < 1.29 is 0 Å². The highest BCUT2D eigenvalue weighted by atomic mass is 79.9. The van der Waals surface area contributed by atoms with E-state index in [1.54, 1.807) is 0 Å². The summed E-state index contributed by atoms with van der Waals surface area (Å²) < 4.78 is 1.00. The van der Waals surface area contributed by atoms with Crippen LogP contribution in [-0.2, 0) is 0 Å². The summed E-state index contributed by atoms with van der Waals surface area (Å²) >= 11 is 3.74. The number of nitrogens with one attached hydrogen (secondary N) is 1. The molecule has 4 heterocycles. The van der Waals surface area contributed by atoms with Crippen molar-refractivity contribution in [1.29, 1.82) is 0 Å². The van der Waals surface area contributed by atoms with Crippen LogP contribution in [0.1, 0.15) is 12.8 Å². The number of nitrogens with two attached hydrogens (primary N) is 1. The van der Waals surface area contributed by atoms with Gasteiger partial charge in [0.05, 0.1) is 39.2 Å². The topological polar surface area (TPSA) is 73.5 Å². The molecule has 138 valence electrons. The highest BCUT2D eigenvalue weighted by Crippen LogP contribution is 2.44. The quantitative estimate of drug-likeness (QED) is 0.648. The molecule has 1 aromatic carbocycles. The summed E-state index contributed by atoms with van der Waals surface area (Å²) in [7, 11) is 0. The average molecular weight is 425 g/mol. The lowest BCUT2D eigenvalue weighted by atomic mass is 10.0. The number of piperidine rings is 1. The number of nitrogens with zero attached hydrogens (tertiary/aromatic N) is 4. The third-order valence-corrected chi connectivity index (χ3v) is 5.92. The van der Waals surface area contributed by atoms with Crippen LogP contribution < -0.4 is 15.5 Å². The van der Waals surface area contributed by atoms with Crippen molar-refractivity contribution in [2.45, 2.75) is 18.9 Å². The number of pyridine rings is 1. The molecule has 0 spiro atoms. The molecule has 2 aliphatic heterocycles. The van der Waals surface area contributed by atoms with Gasteiger partial charge in [-0.1, -0.05) is 12.1 Å². The number of para-hydroxylation sites is 2. The number of anilines is 3. The van der Waals surface area contributed by atoms with Crippen molar-refractivity contribution in [2.24, 2.45) is 10.7 Å². The van der Waals surface area contributed by atoms with Gasteiger partial charge in [0.25, 0.3) is 0 Å². The normalized spacial score (nSPS) is 19.6. The molecule has 0 unspecified atom stereocenters. The van der Waals surface area contributed by atoms with Crippen LogP contribution in [0.4, 0.5) is 22.7 Å². The molecule has 0 aliphatic carbocycles. The third-order valence-electron chi connectivity index (χ3n) is 5.34. The first kappa shape index (κ1) is 16.8. The second-order valence-electron chi connectivity index (χ2n) is 7.11. The molecule has 2 aliphatic rings. The van der Waals surface area contributed by atoms with Gasteiger partial charge in [0.2, 0.25) is 0 Å². The fourth-order valence-corrected chi connectivity index (χ4v) is 4.67. The van der Waals surface area contributed by atoms with Crippen molar-refractivity contribution >= 4 is 55.9 Å². The largest absolute Gasteiger partial charge is 0.368 e. The zero-order valence-electron chi connectivity index (χ0n) is 14.9. The van der Waals surface area contributed by atoms with Gasteiger partial charge in [-0.2, -0.15) is 0 Å². The number of H-pyrrole nitrogens is 1. The van der Waals surface area contributed by atoms with Crippen molar-refractivity contribution in [3.63, 3.8) is 0 Å². The van der Waals surface area contributed by atoms with Crippen molar-refractivity contribution in [3.8, 4) is 0 Å². The number of benzene rings is 1. The van der Waals surface area contributed by atoms with Crippen LogP contribution in [0.3, 0.4) is 0 Å². The Bertz CT molecular complexity index is 1030. The Balaban J connectivity index is 1.69. The standard InChI is InChI=1S/C20H21BrN6/c21-14-10-24-20-18(19(14)26-8-3-4-13(22)12-26)17(11-25-20)27-9-7-23-15-5-1-2-6-16(15)27/h1-2,5-7,10-11,13H,3-4,8-9,12,22H2,(H,24,25)/t13-/m1/s1. The van der Waals surface area contributed by atoms with E-state index in [0.29, 0.717) is 0 Å². The number of rotatable bonds is 2. The molecule has 7 heteroatoms. The minimum Gasteiger partial charge on any atom is -0.368 e. The van der Waals surface area contributed by atoms with Gasteiger partial charge in [-0.3, -0.25) is 4.99 Å². The first-order valence-electron chi connectivity index (χ1n) is 9.27. The van der Waals surface area contributed by atoms with Crippen LogP contribution in [0.2, 0.25) is 0 Å². The zero-order valence-corrected chi connectivity index (χ0v) is 16.5. The molecule has 2 aromatic heterocycles. The summed E-state index contributed by atoms with van der Waals surface area (Å²) in [5.41, 5.74) is 11.6. The average Bonchev–Trinajstić information content (AvgIpc) is 3.11.